The molecule has 0 atom stereocenters. The summed E-state index contributed by atoms with van der Waals surface area (Å²) in [5, 5.41) is 0. The van der Waals surface area contributed by atoms with Crippen LogP contribution < -0.4 is 0 Å². The number of carbonyl (C=O) groups excluding carboxylic acids is 1. The first-order valence-electron chi connectivity index (χ1n) is 8.37. The topological polar surface area (TPSA) is 26.3 Å². The van der Waals surface area contributed by atoms with Crippen LogP contribution in [0, 0.1) is 0 Å². The molecule has 0 saturated carbocycles. The van der Waals surface area contributed by atoms with Gasteiger partial charge in [0.05, 0.1) is 0 Å². The molecule has 1 aliphatic carbocycles. The van der Waals surface area contributed by atoms with Crippen LogP contribution in [0.5, 0.6) is 0 Å². The highest BCUT2D eigenvalue weighted by atomic mass is 16.5. The maximum Gasteiger partial charge on any atom is 0.335 e. The average Bonchev–Trinajstić information content (AvgIpc) is 2.45. The molecule has 0 bridgehead atoms. The van der Waals surface area contributed by atoms with Gasteiger partial charge in [0, 0.05) is 12.5 Å². The number of carbonyl (C=O) groups is 1. The van der Waals surface area contributed by atoms with E-state index in [1.807, 2.05) is 6.08 Å². The molecule has 0 N–H and O–H groups in total. The summed E-state index contributed by atoms with van der Waals surface area (Å²) < 4.78 is 5.54. The van der Waals surface area contributed by atoms with Crippen molar-refractivity contribution in [2.24, 2.45) is 0 Å². The summed E-state index contributed by atoms with van der Waals surface area (Å²) in [6, 6.07) is 0. The smallest absolute Gasteiger partial charge is 0.335 e. The van der Waals surface area contributed by atoms with E-state index in [0.29, 0.717) is 0 Å². The standard InChI is InChI=1S/C18H30O2/c1-3-5-6-7-8-9-15-18(19)20-17-14-11-10-13-16(17)12-4-2/h9,15H,3-8,10-14H2,1-2H3. The Morgan fingerprint density at radius 2 is 1.90 bits per heavy atom. The lowest BCUT2D eigenvalue weighted by molar-refractivity contribution is -0.134. The molecule has 0 aromatic rings. The Morgan fingerprint density at radius 3 is 2.65 bits per heavy atom. The predicted molar refractivity (Wildman–Crippen MR) is 84.4 cm³/mol. The van der Waals surface area contributed by atoms with Gasteiger partial charge in [-0.25, -0.2) is 4.79 Å². The molecule has 2 nitrogen and oxygen atoms in total. The fourth-order valence-electron chi connectivity index (χ4n) is 2.65. The molecule has 0 aliphatic heterocycles. The van der Waals surface area contributed by atoms with Crippen LogP contribution >= 0.6 is 0 Å². The molecule has 114 valence electrons. The Hall–Kier alpha value is -1.05. The van der Waals surface area contributed by atoms with Gasteiger partial charge in [-0.2, -0.15) is 0 Å². The largest absolute Gasteiger partial charge is 0.428 e. The zero-order valence-corrected chi connectivity index (χ0v) is 13.2. The first kappa shape index (κ1) is 17.0. The van der Waals surface area contributed by atoms with Crippen LogP contribution in [0.2, 0.25) is 0 Å². The molecular formula is C18H30O2. The molecule has 1 rings (SSSR count). The van der Waals surface area contributed by atoms with Gasteiger partial charge in [-0.3, -0.25) is 0 Å². The van der Waals surface area contributed by atoms with Gasteiger partial charge in [-0.05, 0) is 44.1 Å². The van der Waals surface area contributed by atoms with Crippen molar-refractivity contribution >= 4 is 5.97 Å². The molecule has 1 aliphatic rings. The Balaban J connectivity index is 2.34. The zero-order valence-electron chi connectivity index (χ0n) is 13.2. The van der Waals surface area contributed by atoms with Gasteiger partial charge >= 0.3 is 5.97 Å². The minimum atomic E-state index is -0.189. The second-order valence-corrected chi connectivity index (χ2v) is 5.66. The Morgan fingerprint density at radius 1 is 1.10 bits per heavy atom. The molecule has 0 radical (unpaired) electrons. The normalized spacial score (nSPS) is 15.9. The maximum absolute atomic E-state index is 11.8. The summed E-state index contributed by atoms with van der Waals surface area (Å²) in [5.41, 5.74) is 1.36. The number of rotatable bonds is 9. The molecule has 0 fully saturated rings. The predicted octanol–water partition coefficient (Wildman–Crippen LogP) is 5.68. The minimum absolute atomic E-state index is 0.189. The van der Waals surface area contributed by atoms with Crippen LogP contribution in [-0.2, 0) is 9.53 Å². The molecular weight excluding hydrogens is 248 g/mol. The lowest BCUT2D eigenvalue weighted by atomic mass is 9.94. The van der Waals surface area contributed by atoms with Crippen LogP contribution in [-0.4, -0.2) is 5.97 Å². The van der Waals surface area contributed by atoms with Crippen LogP contribution in [0.1, 0.15) is 84.5 Å². The van der Waals surface area contributed by atoms with Crippen molar-refractivity contribution in [2.45, 2.75) is 84.5 Å². The van der Waals surface area contributed by atoms with E-state index < -0.39 is 0 Å². The van der Waals surface area contributed by atoms with E-state index >= 15 is 0 Å². The van der Waals surface area contributed by atoms with E-state index in [1.165, 1.54) is 37.7 Å². The number of allylic oxidation sites excluding steroid dienone is 3. The summed E-state index contributed by atoms with van der Waals surface area (Å²) >= 11 is 0. The van der Waals surface area contributed by atoms with Crippen LogP contribution in [0.15, 0.2) is 23.5 Å². The second kappa shape index (κ2) is 10.7. The van der Waals surface area contributed by atoms with E-state index in [1.54, 1.807) is 6.08 Å². The van der Waals surface area contributed by atoms with Gasteiger partial charge in [-0.15, -0.1) is 0 Å². The van der Waals surface area contributed by atoms with Crippen molar-refractivity contribution in [1.82, 2.24) is 0 Å². The summed E-state index contributed by atoms with van der Waals surface area (Å²) in [7, 11) is 0. The van der Waals surface area contributed by atoms with Crippen molar-refractivity contribution in [3.05, 3.63) is 23.5 Å². The van der Waals surface area contributed by atoms with E-state index in [-0.39, 0.29) is 5.97 Å². The summed E-state index contributed by atoms with van der Waals surface area (Å²) in [5.74, 6) is 0.768. The third-order valence-corrected chi connectivity index (χ3v) is 3.78. The molecule has 0 saturated heterocycles. The number of hydrogen-bond donors (Lipinski definition) is 0. The van der Waals surface area contributed by atoms with Crippen LogP contribution in [0.3, 0.4) is 0 Å². The Labute approximate surface area is 124 Å². The Kier molecular flexibility index (Phi) is 9.10. The van der Waals surface area contributed by atoms with Crippen LogP contribution in [0.25, 0.3) is 0 Å². The highest BCUT2D eigenvalue weighted by Gasteiger charge is 2.15. The monoisotopic (exact) mass is 278 g/mol. The maximum atomic E-state index is 11.8. The van der Waals surface area contributed by atoms with Gasteiger partial charge < -0.3 is 4.74 Å². The quantitative estimate of drug-likeness (QED) is 0.308. The van der Waals surface area contributed by atoms with Crippen LogP contribution in [0.4, 0.5) is 0 Å². The van der Waals surface area contributed by atoms with E-state index in [4.69, 9.17) is 4.74 Å². The molecule has 0 amide bonds. The van der Waals surface area contributed by atoms with Gasteiger partial charge in [-0.1, -0.05) is 45.6 Å². The second-order valence-electron chi connectivity index (χ2n) is 5.66. The summed E-state index contributed by atoms with van der Waals surface area (Å²) in [4.78, 5) is 11.8. The molecule has 0 aromatic carbocycles. The van der Waals surface area contributed by atoms with Crippen molar-refractivity contribution in [3.8, 4) is 0 Å². The fraction of sp³-hybridized carbons (Fsp3) is 0.722. The first-order chi connectivity index (χ1) is 9.77. The molecule has 20 heavy (non-hydrogen) atoms. The third-order valence-electron chi connectivity index (χ3n) is 3.78. The molecule has 0 spiro atoms. The average molecular weight is 278 g/mol. The van der Waals surface area contributed by atoms with Crippen molar-refractivity contribution in [3.63, 3.8) is 0 Å². The van der Waals surface area contributed by atoms with Crippen molar-refractivity contribution < 1.29 is 9.53 Å². The number of hydrogen-bond acceptors (Lipinski definition) is 2. The minimum Gasteiger partial charge on any atom is -0.428 e. The lowest BCUT2D eigenvalue weighted by Crippen LogP contribution is -2.08. The summed E-state index contributed by atoms with van der Waals surface area (Å²) in [6.45, 7) is 4.39. The molecule has 2 heteroatoms. The first-order valence-corrected chi connectivity index (χ1v) is 8.37. The molecule has 0 aromatic heterocycles. The number of unbranched alkanes of at least 4 members (excludes halogenated alkanes) is 4. The van der Waals surface area contributed by atoms with Crippen molar-refractivity contribution in [2.75, 3.05) is 0 Å². The number of ether oxygens (including phenoxy) is 1. The van der Waals surface area contributed by atoms with E-state index in [0.717, 1.165) is 44.3 Å². The zero-order chi connectivity index (χ0) is 14.6. The van der Waals surface area contributed by atoms with Gasteiger partial charge in [0.25, 0.3) is 0 Å². The Bertz CT molecular complexity index is 339. The van der Waals surface area contributed by atoms with E-state index in [9.17, 15) is 4.79 Å². The number of esters is 1. The van der Waals surface area contributed by atoms with Gasteiger partial charge in [0.15, 0.2) is 0 Å². The van der Waals surface area contributed by atoms with Gasteiger partial charge in [0.1, 0.15) is 5.76 Å². The third kappa shape index (κ3) is 6.93. The van der Waals surface area contributed by atoms with Gasteiger partial charge in [0.2, 0.25) is 0 Å². The fourth-order valence-corrected chi connectivity index (χ4v) is 2.65. The molecule has 0 unspecified atom stereocenters. The van der Waals surface area contributed by atoms with Crippen molar-refractivity contribution in [1.29, 1.82) is 0 Å². The highest BCUT2D eigenvalue weighted by molar-refractivity contribution is 5.82. The highest BCUT2D eigenvalue weighted by Crippen LogP contribution is 2.28. The van der Waals surface area contributed by atoms with E-state index in [2.05, 4.69) is 13.8 Å². The molecule has 0 heterocycles. The summed E-state index contributed by atoms with van der Waals surface area (Å²) in [6.07, 6.45) is 16.1. The lowest BCUT2D eigenvalue weighted by Gasteiger charge is -2.19. The SMILES string of the molecule is CCCCCCC=CC(=O)OC1=C(CCC)CCCC1.